The summed E-state index contributed by atoms with van der Waals surface area (Å²) in [5.41, 5.74) is 2.44. The Bertz CT molecular complexity index is 550. The highest BCUT2D eigenvalue weighted by atomic mass is 16.5. The molecule has 2 aromatic rings. The van der Waals surface area contributed by atoms with Gasteiger partial charge in [0.2, 0.25) is 0 Å². The van der Waals surface area contributed by atoms with Crippen LogP contribution in [-0.4, -0.2) is 0 Å². The summed E-state index contributed by atoms with van der Waals surface area (Å²) in [6, 6.07) is 18.6. The zero-order chi connectivity index (χ0) is 13.6. The number of hydrogen-bond acceptors (Lipinski definition) is 1. The highest BCUT2D eigenvalue weighted by Crippen LogP contribution is 2.32. The van der Waals surface area contributed by atoms with Crippen LogP contribution in [0.3, 0.4) is 0 Å². The van der Waals surface area contributed by atoms with E-state index in [2.05, 4.69) is 36.4 Å². The van der Waals surface area contributed by atoms with Crippen LogP contribution in [0.15, 0.2) is 60.7 Å². The molecule has 3 rings (SSSR count). The zero-order valence-electron chi connectivity index (χ0n) is 11.7. The van der Waals surface area contributed by atoms with Gasteiger partial charge in [-0.25, -0.2) is 0 Å². The van der Waals surface area contributed by atoms with Crippen molar-refractivity contribution in [2.24, 2.45) is 5.92 Å². The average molecular weight is 264 g/mol. The van der Waals surface area contributed by atoms with Crippen molar-refractivity contribution in [3.05, 3.63) is 71.8 Å². The summed E-state index contributed by atoms with van der Waals surface area (Å²) >= 11 is 0. The molecular weight excluding hydrogens is 244 g/mol. The monoisotopic (exact) mass is 264 g/mol. The smallest absolute Gasteiger partial charge is 0.119 e. The maximum atomic E-state index is 5.78. The molecule has 0 amide bonds. The molecular formula is C19H20O. The van der Waals surface area contributed by atoms with Crippen LogP contribution in [0.5, 0.6) is 5.75 Å². The van der Waals surface area contributed by atoms with E-state index in [0.29, 0.717) is 6.61 Å². The quantitative estimate of drug-likeness (QED) is 0.707. The van der Waals surface area contributed by atoms with E-state index < -0.39 is 0 Å². The first kappa shape index (κ1) is 13.0. The Morgan fingerprint density at radius 2 is 1.70 bits per heavy atom. The number of ether oxygens (including phenoxy) is 1. The van der Waals surface area contributed by atoms with Crippen molar-refractivity contribution in [2.75, 3.05) is 0 Å². The molecule has 0 saturated heterocycles. The van der Waals surface area contributed by atoms with E-state index >= 15 is 0 Å². The molecule has 0 atom stereocenters. The largest absolute Gasteiger partial charge is 0.489 e. The van der Waals surface area contributed by atoms with Gasteiger partial charge in [0.25, 0.3) is 0 Å². The number of benzene rings is 2. The van der Waals surface area contributed by atoms with E-state index in [0.717, 1.165) is 11.7 Å². The van der Waals surface area contributed by atoms with E-state index in [1.807, 2.05) is 30.3 Å². The van der Waals surface area contributed by atoms with E-state index in [1.54, 1.807) is 0 Å². The van der Waals surface area contributed by atoms with Crippen molar-refractivity contribution < 1.29 is 4.74 Å². The Kier molecular flexibility index (Phi) is 4.17. The van der Waals surface area contributed by atoms with Crippen LogP contribution in [0.2, 0.25) is 0 Å². The van der Waals surface area contributed by atoms with Gasteiger partial charge in [-0.05, 0) is 48.4 Å². The van der Waals surface area contributed by atoms with Crippen LogP contribution in [0.25, 0.3) is 6.08 Å². The van der Waals surface area contributed by atoms with Crippen molar-refractivity contribution in [2.45, 2.75) is 25.9 Å². The molecule has 20 heavy (non-hydrogen) atoms. The normalized spacial score (nSPS) is 14.6. The maximum absolute atomic E-state index is 5.78. The Labute approximate surface area is 120 Å². The molecule has 0 aliphatic heterocycles. The molecule has 1 fully saturated rings. The minimum absolute atomic E-state index is 0.623. The molecule has 2 aromatic carbocycles. The standard InChI is InChI=1S/C19H20O/c1-2-5-18(6-3-1)15-20-19-13-11-17(12-14-19)8-4-7-16-9-10-16/h1-6,8,11-14,16H,7,9-10,15H2/b8-4+. The van der Waals surface area contributed by atoms with Crippen LogP contribution in [0.1, 0.15) is 30.4 Å². The topological polar surface area (TPSA) is 9.23 Å². The van der Waals surface area contributed by atoms with Crippen LogP contribution in [0.4, 0.5) is 0 Å². The minimum Gasteiger partial charge on any atom is -0.489 e. The van der Waals surface area contributed by atoms with E-state index in [4.69, 9.17) is 4.74 Å². The van der Waals surface area contributed by atoms with Gasteiger partial charge in [0.05, 0.1) is 0 Å². The van der Waals surface area contributed by atoms with Gasteiger partial charge in [-0.15, -0.1) is 0 Å². The molecule has 1 aliphatic rings. The fourth-order valence-corrected chi connectivity index (χ4v) is 2.17. The van der Waals surface area contributed by atoms with Gasteiger partial charge in [0.1, 0.15) is 12.4 Å². The molecule has 1 aliphatic carbocycles. The van der Waals surface area contributed by atoms with E-state index in [1.165, 1.54) is 30.4 Å². The lowest BCUT2D eigenvalue weighted by Crippen LogP contribution is -1.94. The molecule has 1 nitrogen and oxygen atoms in total. The van der Waals surface area contributed by atoms with Crippen LogP contribution < -0.4 is 4.74 Å². The van der Waals surface area contributed by atoms with Crippen LogP contribution >= 0.6 is 0 Å². The van der Waals surface area contributed by atoms with Crippen molar-refractivity contribution in [3.8, 4) is 5.75 Å². The predicted molar refractivity (Wildman–Crippen MR) is 83.6 cm³/mol. The molecule has 0 bridgehead atoms. The molecule has 0 unspecified atom stereocenters. The molecule has 0 radical (unpaired) electrons. The fraction of sp³-hybridized carbons (Fsp3) is 0.263. The first-order valence-electron chi connectivity index (χ1n) is 7.33. The average Bonchev–Trinajstić information content (AvgIpc) is 3.32. The summed E-state index contributed by atoms with van der Waals surface area (Å²) in [6.45, 7) is 0.623. The lowest BCUT2D eigenvalue weighted by Gasteiger charge is -2.06. The van der Waals surface area contributed by atoms with Gasteiger partial charge in [-0.1, -0.05) is 54.6 Å². The molecule has 0 aromatic heterocycles. The number of allylic oxidation sites excluding steroid dienone is 1. The molecule has 0 N–H and O–H groups in total. The lowest BCUT2D eigenvalue weighted by molar-refractivity contribution is 0.306. The fourth-order valence-electron chi connectivity index (χ4n) is 2.17. The summed E-state index contributed by atoms with van der Waals surface area (Å²) in [6.07, 6.45) is 8.55. The van der Waals surface area contributed by atoms with E-state index in [-0.39, 0.29) is 0 Å². The highest BCUT2D eigenvalue weighted by Gasteiger charge is 2.18. The summed E-state index contributed by atoms with van der Waals surface area (Å²) in [7, 11) is 0. The lowest BCUT2D eigenvalue weighted by atomic mass is 10.1. The molecule has 1 heteroatoms. The third-order valence-electron chi connectivity index (χ3n) is 3.61. The minimum atomic E-state index is 0.623. The second-order valence-corrected chi connectivity index (χ2v) is 5.42. The molecule has 102 valence electrons. The number of hydrogen-bond donors (Lipinski definition) is 0. The Morgan fingerprint density at radius 3 is 2.40 bits per heavy atom. The molecule has 1 saturated carbocycles. The third kappa shape index (κ3) is 3.99. The van der Waals surface area contributed by atoms with Crippen molar-refractivity contribution in [1.82, 2.24) is 0 Å². The van der Waals surface area contributed by atoms with Crippen molar-refractivity contribution in [1.29, 1.82) is 0 Å². The Morgan fingerprint density at radius 1 is 0.950 bits per heavy atom. The Balaban J connectivity index is 1.51. The molecule has 0 spiro atoms. The van der Waals surface area contributed by atoms with Gasteiger partial charge in [-0.3, -0.25) is 0 Å². The summed E-state index contributed by atoms with van der Waals surface area (Å²) < 4.78 is 5.78. The first-order chi connectivity index (χ1) is 9.90. The molecule has 0 heterocycles. The first-order valence-corrected chi connectivity index (χ1v) is 7.33. The second kappa shape index (κ2) is 6.42. The van der Waals surface area contributed by atoms with Gasteiger partial charge in [0.15, 0.2) is 0 Å². The van der Waals surface area contributed by atoms with Gasteiger partial charge in [-0.2, -0.15) is 0 Å². The summed E-state index contributed by atoms with van der Waals surface area (Å²) in [5.74, 6) is 1.88. The van der Waals surface area contributed by atoms with Gasteiger partial charge >= 0.3 is 0 Å². The second-order valence-electron chi connectivity index (χ2n) is 5.42. The van der Waals surface area contributed by atoms with Gasteiger partial charge < -0.3 is 4.74 Å². The Hall–Kier alpha value is -2.02. The highest BCUT2D eigenvalue weighted by molar-refractivity contribution is 5.50. The SMILES string of the molecule is C(=C\c1ccc(OCc2ccccc2)cc1)/CC1CC1. The zero-order valence-corrected chi connectivity index (χ0v) is 11.7. The maximum Gasteiger partial charge on any atom is 0.119 e. The summed E-state index contributed by atoms with van der Waals surface area (Å²) in [4.78, 5) is 0. The van der Waals surface area contributed by atoms with Crippen molar-refractivity contribution >= 4 is 6.08 Å². The van der Waals surface area contributed by atoms with E-state index in [9.17, 15) is 0 Å². The van der Waals surface area contributed by atoms with Crippen LogP contribution in [-0.2, 0) is 6.61 Å². The van der Waals surface area contributed by atoms with Crippen molar-refractivity contribution in [3.63, 3.8) is 0 Å². The predicted octanol–water partition coefficient (Wildman–Crippen LogP) is 5.08. The number of rotatable bonds is 6. The van der Waals surface area contributed by atoms with Gasteiger partial charge in [0, 0.05) is 0 Å². The summed E-state index contributed by atoms with van der Waals surface area (Å²) in [5, 5.41) is 0. The van der Waals surface area contributed by atoms with Crippen LogP contribution in [0, 0.1) is 5.92 Å². The third-order valence-corrected chi connectivity index (χ3v) is 3.61.